The van der Waals surface area contributed by atoms with Crippen molar-refractivity contribution in [1.82, 2.24) is 9.97 Å². The van der Waals surface area contributed by atoms with E-state index in [0.29, 0.717) is 12.2 Å². The first-order chi connectivity index (χ1) is 10.7. The summed E-state index contributed by atoms with van der Waals surface area (Å²) in [6.07, 6.45) is 1.74. The second kappa shape index (κ2) is 6.22. The lowest BCUT2D eigenvalue weighted by Gasteiger charge is -2.21. The molecule has 0 radical (unpaired) electrons. The molecule has 22 heavy (non-hydrogen) atoms. The van der Waals surface area contributed by atoms with Crippen LogP contribution in [0.3, 0.4) is 0 Å². The molecule has 0 aliphatic heterocycles. The second-order valence-electron chi connectivity index (χ2n) is 4.95. The van der Waals surface area contributed by atoms with Crippen molar-refractivity contribution >= 4 is 22.7 Å². The molecule has 0 saturated carbocycles. The van der Waals surface area contributed by atoms with Crippen LogP contribution >= 0.6 is 0 Å². The van der Waals surface area contributed by atoms with Crippen LogP contribution in [-0.2, 0) is 11.2 Å². The van der Waals surface area contributed by atoms with Crippen LogP contribution in [-0.4, -0.2) is 22.0 Å². The number of hydrogen-bond acceptors (Lipinski definition) is 5. The lowest BCUT2D eigenvalue weighted by molar-refractivity contribution is -0.306. The average Bonchev–Trinajstić information content (AvgIpc) is 2.55. The van der Waals surface area contributed by atoms with Gasteiger partial charge in [-0.2, -0.15) is 0 Å². The minimum absolute atomic E-state index is 0.321. The SMILES string of the molecule is O=C([O-])C(Cc1ccccc1)Nc1ncnc2ccccc12. The number of benzene rings is 2. The number of carbonyl (C=O) groups excluding carboxylic acids is 1. The summed E-state index contributed by atoms with van der Waals surface area (Å²) in [5.74, 6) is -0.665. The van der Waals surface area contributed by atoms with Gasteiger partial charge in [0.05, 0.1) is 17.5 Å². The van der Waals surface area contributed by atoms with Crippen molar-refractivity contribution in [2.24, 2.45) is 0 Å². The van der Waals surface area contributed by atoms with Crippen molar-refractivity contribution in [2.45, 2.75) is 12.5 Å². The lowest BCUT2D eigenvalue weighted by Crippen LogP contribution is -2.42. The second-order valence-corrected chi connectivity index (χ2v) is 4.95. The van der Waals surface area contributed by atoms with Gasteiger partial charge in [-0.3, -0.25) is 0 Å². The highest BCUT2D eigenvalue weighted by atomic mass is 16.4. The number of aromatic nitrogens is 2. The lowest BCUT2D eigenvalue weighted by atomic mass is 10.1. The fourth-order valence-electron chi connectivity index (χ4n) is 2.33. The monoisotopic (exact) mass is 292 g/mol. The summed E-state index contributed by atoms with van der Waals surface area (Å²) in [7, 11) is 0. The minimum atomic E-state index is -1.16. The standard InChI is InChI=1S/C17H15N3O2/c21-17(22)15(10-12-6-2-1-3-7-12)20-16-13-8-4-5-9-14(13)18-11-19-16/h1-9,11,15H,10H2,(H,21,22)(H,18,19,20)/p-1. The molecule has 0 fully saturated rings. The Balaban J connectivity index is 1.88. The molecule has 1 N–H and O–H groups in total. The van der Waals surface area contributed by atoms with Gasteiger partial charge in [-0.15, -0.1) is 0 Å². The van der Waals surface area contributed by atoms with Gasteiger partial charge in [0.2, 0.25) is 0 Å². The topological polar surface area (TPSA) is 77.9 Å². The van der Waals surface area contributed by atoms with Crippen molar-refractivity contribution in [1.29, 1.82) is 0 Å². The van der Waals surface area contributed by atoms with E-state index in [1.165, 1.54) is 6.33 Å². The zero-order chi connectivity index (χ0) is 15.4. The summed E-state index contributed by atoms with van der Waals surface area (Å²) < 4.78 is 0. The highest BCUT2D eigenvalue weighted by molar-refractivity contribution is 5.90. The molecule has 1 atom stereocenters. The van der Waals surface area contributed by atoms with Crippen LogP contribution in [0, 0.1) is 0 Å². The molecule has 0 spiro atoms. The first-order valence-corrected chi connectivity index (χ1v) is 6.95. The number of para-hydroxylation sites is 1. The van der Waals surface area contributed by atoms with E-state index >= 15 is 0 Å². The average molecular weight is 292 g/mol. The van der Waals surface area contributed by atoms with E-state index in [-0.39, 0.29) is 0 Å². The van der Waals surface area contributed by atoms with Gasteiger partial charge in [-0.25, -0.2) is 9.97 Å². The van der Waals surface area contributed by atoms with Gasteiger partial charge < -0.3 is 15.2 Å². The zero-order valence-corrected chi connectivity index (χ0v) is 11.8. The Morgan fingerprint density at radius 1 is 1.05 bits per heavy atom. The van der Waals surface area contributed by atoms with Crippen LogP contribution in [0.15, 0.2) is 60.9 Å². The minimum Gasteiger partial charge on any atom is -0.548 e. The molecule has 0 bridgehead atoms. The van der Waals surface area contributed by atoms with Crippen molar-refractivity contribution in [2.75, 3.05) is 5.32 Å². The van der Waals surface area contributed by atoms with Crippen LogP contribution < -0.4 is 10.4 Å². The van der Waals surface area contributed by atoms with Crippen LogP contribution in [0.1, 0.15) is 5.56 Å². The maximum absolute atomic E-state index is 11.4. The van der Waals surface area contributed by atoms with E-state index in [0.717, 1.165) is 16.5 Å². The number of fused-ring (bicyclic) bond motifs is 1. The molecule has 3 rings (SSSR count). The molecule has 110 valence electrons. The molecule has 1 heterocycles. The van der Waals surface area contributed by atoms with Crippen molar-refractivity contribution < 1.29 is 9.90 Å². The third kappa shape index (κ3) is 3.03. The number of anilines is 1. The Morgan fingerprint density at radius 2 is 1.77 bits per heavy atom. The van der Waals surface area contributed by atoms with Gasteiger partial charge in [-0.05, 0) is 24.1 Å². The van der Waals surface area contributed by atoms with Gasteiger partial charge in [-0.1, -0.05) is 42.5 Å². The first-order valence-electron chi connectivity index (χ1n) is 6.95. The molecule has 5 nitrogen and oxygen atoms in total. The van der Waals surface area contributed by atoms with Crippen LogP contribution in [0.5, 0.6) is 0 Å². The molecule has 2 aromatic carbocycles. The predicted molar refractivity (Wildman–Crippen MR) is 82.1 cm³/mol. The highest BCUT2D eigenvalue weighted by Crippen LogP contribution is 2.19. The van der Waals surface area contributed by atoms with E-state index in [2.05, 4.69) is 15.3 Å². The molecule has 1 unspecified atom stereocenters. The quantitative estimate of drug-likeness (QED) is 0.769. The molecule has 0 saturated heterocycles. The van der Waals surface area contributed by atoms with Crippen LogP contribution in [0.4, 0.5) is 5.82 Å². The van der Waals surface area contributed by atoms with E-state index in [1.807, 2.05) is 54.6 Å². The third-order valence-electron chi connectivity index (χ3n) is 3.42. The fourth-order valence-corrected chi connectivity index (χ4v) is 2.33. The maximum Gasteiger partial charge on any atom is 0.137 e. The largest absolute Gasteiger partial charge is 0.548 e. The van der Waals surface area contributed by atoms with Gasteiger partial charge in [0.1, 0.15) is 12.1 Å². The summed E-state index contributed by atoms with van der Waals surface area (Å²) in [6.45, 7) is 0. The molecular formula is C17H14N3O2-. The van der Waals surface area contributed by atoms with E-state index in [4.69, 9.17) is 0 Å². The molecule has 1 aromatic heterocycles. The van der Waals surface area contributed by atoms with Gasteiger partial charge >= 0.3 is 0 Å². The summed E-state index contributed by atoms with van der Waals surface area (Å²) in [5, 5.41) is 15.2. The number of carbonyl (C=O) groups is 1. The first kappa shape index (κ1) is 14.0. The number of carboxylic acids is 1. The Hall–Kier alpha value is -2.95. The van der Waals surface area contributed by atoms with E-state index in [1.54, 1.807) is 0 Å². The van der Waals surface area contributed by atoms with Crippen molar-refractivity contribution in [3.05, 3.63) is 66.5 Å². The summed E-state index contributed by atoms with van der Waals surface area (Å²) in [5.41, 5.74) is 1.68. The molecule has 5 heteroatoms. The van der Waals surface area contributed by atoms with Crippen molar-refractivity contribution in [3.8, 4) is 0 Å². The number of nitrogens with one attached hydrogen (secondary N) is 1. The van der Waals surface area contributed by atoms with Gasteiger partial charge in [0.15, 0.2) is 0 Å². The summed E-state index contributed by atoms with van der Waals surface area (Å²) in [4.78, 5) is 19.7. The number of aliphatic carboxylic acids is 1. The fraction of sp³-hybridized carbons (Fsp3) is 0.118. The normalized spacial score (nSPS) is 12.0. The van der Waals surface area contributed by atoms with Crippen LogP contribution in [0.2, 0.25) is 0 Å². The Labute approximate surface area is 127 Å². The smallest absolute Gasteiger partial charge is 0.137 e. The molecule has 0 aliphatic carbocycles. The number of carboxylic acid groups (broad SMARTS) is 1. The molecular weight excluding hydrogens is 278 g/mol. The van der Waals surface area contributed by atoms with Gasteiger partial charge in [0, 0.05) is 5.39 Å². The third-order valence-corrected chi connectivity index (χ3v) is 3.42. The molecule has 0 aliphatic rings. The van der Waals surface area contributed by atoms with Gasteiger partial charge in [0.25, 0.3) is 0 Å². The highest BCUT2D eigenvalue weighted by Gasteiger charge is 2.13. The Kier molecular flexibility index (Phi) is 3.96. The Bertz CT molecular complexity index is 785. The molecule has 0 amide bonds. The van der Waals surface area contributed by atoms with E-state index in [9.17, 15) is 9.90 Å². The number of nitrogens with zero attached hydrogens (tertiary/aromatic N) is 2. The Morgan fingerprint density at radius 3 is 2.55 bits per heavy atom. The molecule has 3 aromatic rings. The number of hydrogen-bond donors (Lipinski definition) is 1. The zero-order valence-electron chi connectivity index (χ0n) is 11.8. The number of rotatable bonds is 5. The van der Waals surface area contributed by atoms with Crippen LogP contribution in [0.25, 0.3) is 10.9 Å². The van der Waals surface area contributed by atoms with Crippen molar-refractivity contribution in [3.63, 3.8) is 0 Å². The van der Waals surface area contributed by atoms with E-state index < -0.39 is 12.0 Å². The maximum atomic E-state index is 11.4. The summed E-state index contributed by atoms with van der Waals surface area (Å²) in [6, 6.07) is 16.0. The summed E-state index contributed by atoms with van der Waals surface area (Å²) >= 11 is 0. The predicted octanol–water partition coefficient (Wildman–Crippen LogP) is 1.40.